The van der Waals surface area contributed by atoms with E-state index in [2.05, 4.69) is 61.6 Å². The van der Waals surface area contributed by atoms with E-state index >= 15 is 0 Å². The van der Waals surface area contributed by atoms with Gasteiger partial charge in [0.25, 0.3) is 0 Å². The fourth-order valence-corrected chi connectivity index (χ4v) is 3.16. The summed E-state index contributed by atoms with van der Waals surface area (Å²) in [5.74, 6) is 0. The first-order chi connectivity index (χ1) is 9.10. The molecule has 102 valence electrons. The van der Waals surface area contributed by atoms with Crippen LogP contribution in [-0.4, -0.2) is 11.5 Å². The summed E-state index contributed by atoms with van der Waals surface area (Å²) >= 11 is 1.76. The van der Waals surface area contributed by atoms with Crippen molar-refractivity contribution in [2.75, 3.05) is 6.54 Å². The minimum absolute atomic E-state index is 0.357. The summed E-state index contributed by atoms with van der Waals surface area (Å²) in [5, 5.41) is 6.93. The molecule has 0 aliphatic heterocycles. The van der Waals surface area contributed by atoms with Gasteiger partial charge in [0, 0.05) is 23.5 Å². The summed E-state index contributed by atoms with van der Waals surface area (Å²) in [6.07, 6.45) is 0.969. The van der Waals surface area contributed by atoms with E-state index in [9.17, 15) is 0 Å². The van der Waals surface area contributed by atoms with E-state index in [1.54, 1.807) is 11.3 Å². The van der Waals surface area contributed by atoms with Crippen LogP contribution in [0.15, 0.2) is 23.6 Å². The summed E-state index contributed by atoms with van der Waals surface area (Å²) in [6.45, 7) is 9.53. The molecule has 2 rings (SSSR count). The smallest absolute Gasteiger partial charge is 0.0947 e. The number of nitrogens with one attached hydrogen (secondary N) is 1. The Labute approximate surface area is 119 Å². The second kappa shape index (κ2) is 6.31. The molecular formula is C16H22N2S. The van der Waals surface area contributed by atoms with Gasteiger partial charge in [-0.3, -0.25) is 0 Å². The number of aromatic nitrogens is 1. The Morgan fingerprint density at radius 3 is 2.68 bits per heavy atom. The van der Waals surface area contributed by atoms with Gasteiger partial charge in [0.05, 0.1) is 5.01 Å². The summed E-state index contributed by atoms with van der Waals surface area (Å²) in [6, 6.07) is 7.04. The fraction of sp³-hybridized carbons (Fsp3) is 0.438. The van der Waals surface area contributed by atoms with E-state index in [1.807, 2.05) is 0 Å². The molecule has 0 amide bonds. The molecule has 0 bridgehead atoms. The van der Waals surface area contributed by atoms with Crippen LogP contribution in [0.4, 0.5) is 0 Å². The minimum Gasteiger partial charge on any atom is -0.310 e. The lowest BCUT2D eigenvalue weighted by Gasteiger charge is -2.20. The molecule has 0 radical (unpaired) electrons. The molecule has 2 aromatic rings. The normalized spacial score (nSPS) is 12.6. The third-order valence-electron chi connectivity index (χ3n) is 3.31. The van der Waals surface area contributed by atoms with Crippen LogP contribution in [-0.2, 0) is 6.42 Å². The van der Waals surface area contributed by atoms with Crippen molar-refractivity contribution in [2.24, 2.45) is 0 Å². The van der Waals surface area contributed by atoms with Gasteiger partial charge in [0.15, 0.2) is 0 Å². The van der Waals surface area contributed by atoms with Crippen molar-refractivity contribution >= 4 is 11.3 Å². The number of likely N-dealkylation sites (N-methyl/N-ethyl adjacent to an activating group) is 1. The first kappa shape index (κ1) is 14.2. The highest BCUT2D eigenvalue weighted by Gasteiger charge is 2.15. The average Bonchev–Trinajstić information content (AvgIpc) is 2.77. The molecule has 3 heteroatoms. The zero-order chi connectivity index (χ0) is 13.8. The summed E-state index contributed by atoms with van der Waals surface area (Å²) in [5.41, 5.74) is 5.19. The van der Waals surface area contributed by atoms with Gasteiger partial charge in [-0.25, -0.2) is 4.98 Å². The maximum atomic E-state index is 4.59. The van der Waals surface area contributed by atoms with E-state index < -0.39 is 0 Å². The quantitative estimate of drug-likeness (QED) is 0.892. The van der Waals surface area contributed by atoms with Gasteiger partial charge in [-0.2, -0.15) is 0 Å². The first-order valence-corrected chi connectivity index (χ1v) is 7.69. The molecule has 2 nitrogen and oxygen atoms in total. The van der Waals surface area contributed by atoms with Crippen LogP contribution in [0.2, 0.25) is 0 Å². The van der Waals surface area contributed by atoms with Crippen molar-refractivity contribution in [3.05, 3.63) is 51.0 Å². The first-order valence-electron chi connectivity index (χ1n) is 6.81. The van der Waals surface area contributed by atoms with Crippen molar-refractivity contribution in [2.45, 2.75) is 40.2 Å². The topological polar surface area (TPSA) is 24.9 Å². The maximum absolute atomic E-state index is 4.59. The third-order valence-corrected chi connectivity index (χ3v) is 4.29. The number of benzene rings is 1. The molecule has 0 fully saturated rings. The fourth-order valence-electron chi connectivity index (χ4n) is 2.34. The Balaban J connectivity index is 2.26. The lowest BCUT2D eigenvalue weighted by molar-refractivity contribution is 0.545. The van der Waals surface area contributed by atoms with E-state index in [1.165, 1.54) is 21.7 Å². The van der Waals surface area contributed by atoms with Crippen LogP contribution in [0, 0.1) is 20.8 Å². The highest BCUT2D eigenvalue weighted by atomic mass is 32.1. The van der Waals surface area contributed by atoms with E-state index in [0.29, 0.717) is 6.04 Å². The van der Waals surface area contributed by atoms with Crippen LogP contribution >= 0.6 is 11.3 Å². The Morgan fingerprint density at radius 2 is 2.05 bits per heavy atom. The highest BCUT2D eigenvalue weighted by Crippen LogP contribution is 2.24. The molecule has 1 aromatic heterocycles. The molecule has 19 heavy (non-hydrogen) atoms. The molecule has 1 atom stereocenters. The molecule has 0 aliphatic rings. The Hall–Kier alpha value is -1.19. The van der Waals surface area contributed by atoms with E-state index in [0.717, 1.165) is 18.7 Å². The lowest BCUT2D eigenvalue weighted by Crippen LogP contribution is -2.23. The SMILES string of the molecule is CCNC(Cc1nc(C)cs1)c1cc(C)ccc1C. The van der Waals surface area contributed by atoms with Crippen molar-refractivity contribution in [3.8, 4) is 0 Å². The molecule has 1 aromatic carbocycles. The standard InChI is InChI=1S/C16H22N2S/c1-5-17-15(9-16-18-13(4)10-19-16)14-8-11(2)6-7-12(14)3/h6-8,10,15,17H,5,9H2,1-4H3. The number of aryl methyl sites for hydroxylation is 3. The zero-order valence-corrected chi connectivity index (χ0v) is 13.0. The van der Waals surface area contributed by atoms with Gasteiger partial charge >= 0.3 is 0 Å². The second-order valence-corrected chi connectivity index (χ2v) is 6.00. The van der Waals surface area contributed by atoms with Gasteiger partial charge in [-0.15, -0.1) is 11.3 Å². The van der Waals surface area contributed by atoms with E-state index in [4.69, 9.17) is 0 Å². The van der Waals surface area contributed by atoms with Crippen molar-refractivity contribution in [3.63, 3.8) is 0 Å². The van der Waals surface area contributed by atoms with Gasteiger partial charge < -0.3 is 5.32 Å². The lowest BCUT2D eigenvalue weighted by atomic mass is 9.97. The van der Waals surface area contributed by atoms with Gasteiger partial charge in [-0.05, 0) is 38.4 Å². The second-order valence-electron chi connectivity index (χ2n) is 5.06. The number of hydrogen-bond donors (Lipinski definition) is 1. The zero-order valence-electron chi connectivity index (χ0n) is 12.2. The molecule has 0 saturated carbocycles. The van der Waals surface area contributed by atoms with Gasteiger partial charge in [0.1, 0.15) is 0 Å². The molecule has 0 saturated heterocycles. The molecule has 1 unspecified atom stereocenters. The molecular weight excluding hydrogens is 252 g/mol. The predicted molar refractivity (Wildman–Crippen MR) is 82.9 cm³/mol. The number of thiazole rings is 1. The van der Waals surface area contributed by atoms with Crippen LogP contribution in [0.3, 0.4) is 0 Å². The van der Waals surface area contributed by atoms with Crippen molar-refractivity contribution in [1.82, 2.24) is 10.3 Å². The van der Waals surface area contributed by atoms with Crippen LogP contribution < -0.4 is 5.32 Å². The molecule has 1 N–H and O–H groups in total. The monoisotopic (exact) mass is 274 g/mol. The summed E-state index contributed by atoms with van der Waals surface area (Å²) in [4.78, 5) is 4.59. The largest absolute Gasteiger partial charge is 0.310 e. The predicted octanol–water partition coefficient (Wildman–Crippen LogP) is 3.96. The van der Waals surface area contributed by atoms with Crippen molar-refractivity contribution < 1.29 is 0 Å². The van der Waals surface area contributed by atoms with Crippen LogP contribution in [0.1, 0.15) is 40.4 Å². The van der Waals surface area contributed by atoms with Crippen LogP contribution in [0.5, 0.6) is 0 Å². The third kappa shape index (κ3) is 3.64. The number of rotatable bonds is 5. The summed E-state index contributed by atoms with van der Waals surface area (Å²) in [7, 11) is 0. The number of hydrogen-bond acceptors (Lipinski definition) is 3. The van der Waals surface area contributed by atoms with E-state index in [-0.39, 0.29) is 0 Å². The molecule has 0 aliphatic carbocycles. The molecule has 1 heterocycles. The number of nitrogens with zero attached hydrogens (tertiary/aromatic N) is 1. The van der Waals surface area contributed by atoms with Crippen LogP contribution in [0.25, 0.3) is 0 Å². The highest BCUT2D eigenvalue weighted by molar-refractivity contribution is 7.09. The Kier molecular flexibility index (Phi) is 4.72. The average molecular weight is 274 g/mol. The minimum atomic E-state index is 0.357. The molecule has 0 spiro atoms. The maximum Gasteiger partial charge on any atom is 0.0947 e. The summed E-state index contributed by atoms with van der Waals surface area (Å²) < 4.78 is 0. The Bertz CT molecular complexity index is 545. The Morgan fingerprint density at radius 1 is 1.26 bits per heavy atom. The van der Waals surface area contributed by atoms with Gasteiger partial charge in [0.2, 0.25) is 0 Å². The van der Waals surface area contributed by atoms with Crippen molar-refractivity contribution in [1.29, 1.82) is 0 Å². The van der Waals surface area contributed by atoms with Gasteiger partial charge in [-0.1, -0.05) is 30.7 Å².